The van der Waals surface area contributed by atoms with Crippen LogP contribution in [0.5, 0.6) is 0 Å². The topological polar surface area (TPSA) is 97.0 Å². The van der Waals surface area contributed by atoms with Gasteiger partial charge in [0.1, 0.15) is 5.84 Å². The number of rotatable bonds is 3. The monoisotopic (exact) mass is 427 g/mol. The van der Waals surface area contributed by atoms with Gasteiger partial charge in [-0.3, -0.25) is 0 Å². The molecule has 7 nitrogen and oxygen atoms in total. The average molecular weight is 428 g/mol. The number of anilines is 2. The summed E-state index contributed by atoms with van der Waals surface area (Å²) in [6.45, 7) is 4.57. The van der Waals surface area contributed by atoms with E-state index in [1.165, 1.54) is 18.9 Å². The molecule has 1 saturated heterocycles. The van der Waals surface area contributed by atoms with Crippen LogP contribution in [-0.4, -0.2) is 40.4 Å². The van der Waals surface area contributed by atoms with Crippen molar-refractivity contribution in [3.05, 3.63) is 52.7 Å². The minimum atomic E-state index is -0.473. The highest BCUT2D eigenvalue weighted by Gasteiger charge is 2.45. The van der Waals surface area contributed by atoms with Crippen LogP contribution < -0.4 is 21.7 Å². The van der Waals surface area contributed by atoms with Crippen LogP contribution in [-0.2, 0) is 0 Å². The molecule has 0 radical (unpaired) electrons. The molecule has 1 aromatic carbocycles. The molecular formula is C21H23ClFN7. The summed E-state index contributed by atoms with van der Waals surface area (Å²) in [6.07, 6.45) is 5.78. The number of nitrogen functional groups attached to an aromatic ring is 1. The second-order valence-electron chi connectivity index (χ2n) is 8.18. The van der Waals surface area contributed by atoms with E-state index in [4.69, 9.17) is 23.1 Å². The van der Waals surface area contributed by atoms with Crippen molar-refractivity contribution in [2.24, 2.45) is 10.7 Å². The van der Waals surface area contributed by atoms with Gasteiger partial charge in [0.15, 0.2) is 11.5 Å². The Hall–Kier alpha value is -2.84. The number of aryl methyl sites for hydroxylation is 1. The predicted molar refractivity (Wildman–Crippen MR) is 118 cm³/mol. The fraction of sp³-hybridized carbons (Fsp3) is 0.333. The molecular weight excluding hydrogens is 405 g/mol. The van der Waals surface area contributed by atoms with Gasteiger partial charge in [0.25, 0.3) is 0 Å². The molecule has 0 atom stereocenters. The molecule has 1 aliphatic carbocycles. The number of pyridine rings is 1. The van der Waals surface area contributed by atoms with Crippen LogP contribution in [0.25, 0.3) is 5.65 Å². The van der Waals surface area contributed by atoms with Gasteiger partial charge in [-0.25, -0.2) is 14.4 Å². The Kier molecular flexibility index (Phi) is 4.37. The zero-order valence-electron chi connectivity index (χ0n) is 16.6. The highest BCUT2D eigenvalue weighted by atomic mass is 35.5. The van der Waals surface area contributed by atoms with Gasteiger partial charge in [-0.15, -0.1) is 0 Å². The van der Waals surface area contributed by atoms with E-state index >= 15 is 0 Å². The maximum atomic E-state index is 14.3. The molecule has 2 aliphatic rings. The summed E-state index contributed by atoms with van der Waals surface area (Å²) >= 11 is 6.56. The van der Waals surface area contributed by atoms with Gasteiger partial charge in [0, 0.05) is 55.0 Å². The first-order valence-electron chi connectivity index (χ1n) is 9.92. The number of aliphatic imine (C=N–C) groups is 1. The largest absolute Gasteiger partial charge is 0.398 e. The second kappa shape index (κ2) is 6.85. The standard InChI is InChI=1S/C21H23ClFN7/c1-12-9-30-10-13(6-16(23)20(30)27-12)28-19(25)18-15(22)7-14(8-17(18)24)29-5-4-26-21(11-29)2-3-21/h6-10,26H,2-5,11,24H2,1H3,(H2,25,28). The Morgan fingerprint density at radius 1 is 1.30 bits per heavy atom. The average Bonchev–Trinajstić information content (AvgIpc) is 3.30. The van der Waals surface area contributed by atoms with Gasteiger partial charge >= 0.3 is 0 Å². The van der Waals surface area contributed by atoms with Crippen LogP contribution in [0.3, 0.4) is 0 Å². The fourth-order valence-electron chi connectivity index (χ4n) is 4.15. The SMILES string of the molecule is Cc1cn2cc(N=C(N)c3c(N)cc(N4CCNC5(CC5)C4)cc3Cl)cc(F)c2n1. The minimum Gasteiger partial charge on any atom is -0.398 e. The van der Waals surface area contributed by atoms with Crippen molar-refractivity contribution in [2.75, 3.05) is 30.3 Å². The van der Waals surface area contributed by atoms with E-state index in [1.54, 1.807) is 23.7 Å². The molecule has 3 aromatic rings. The van der Waals surface area contributed by atoms with Crippen molar-refractivity contribution in [3.8, 4) is 0 Å². The molecule has 0 bridgehead atoms. The highest BCUT2D eigenvalue weighted by molar-refractivity contribution is 6.35. The number of imidazole rings is 1. The van der Waals surface area contributed by atoms with Crippen LogP contribution in [0.4, 0.5) is 21.5 Å². The number of nitrogens with two attached hydrogens (primary N) is 2. The zero-order valence-corrected chi connectivity index (χ0v) is 17.4. The van der Waals surface area contributed by atoms with E-state index < -0.39 is 5.82 Å². The maximum Gasteiger partial charge on any atom is 0.173 e. The van der Waals surface area contributed by atoms with Gasteiger partial charge in [-0.1, -0.05) is 11.6 Å². The summed E-state index contributed by atoms with van der Waals surface area (Å²) in [7, 11) is 0. The van der Waals surface area contributed by atoms with Gasteiger partial charge in [-0.2, -0.15) is 0 Å². The summed E-state index contributed by atoms with van der Waals surface area (Å²) < 4.78 is 15.9. The normalized spacial score (nSPS) is 18.4. The van der Waals surface area contributed by atoms with E-state index in [9.17, 15) is 4.39 Å². The van der Waals surface area contributed by atoms with Crippen LogP contribution >= 0.6 is 11.6 Å². The van der Waals surface area contributed by atoms with Crippen LogP contribution in [0.1, 0.15) is 24.1 Å². The third-order valence-electron chi connectivity index (χ3n) is 5.82. The smallest absolute Gasteiger partial charge is 0.173 e. The Labute approximate surface area is 178 Å². The number of halogens is 2. The number of hydrogen-bond donors (Lipinski definition) is 3. The molecule has 2 fully saturated rings. The van der Waals surface area contributed by atoms with E-state index in [0.717, 1.165) is 25.3 Å². The third-order valence-corrected chi connectivity index (χ3v) is 6.12. The molecule has 5 N–H and O–H groups in total. The summed E-state index contributed by atoms with van der Waals surface area (Å²) in [5.41, 5.74) is 16.0. The van der Waals surface area contributed by atoms with E-state index in [2.05, 4.69) is 20.2 Å². The number of aromatic nitrogens is 2. The molecule has 1 spiro atoms. The van der Waals surface area contributed by atoms with Gasteiger partial charge in [-0.05, 0) is 31.9 Å². The first kappa shape index (κ1) is 19.1. The number of benzene rings is 1. The van der Waals surface area contributed by atoms with E-state index in [-0.39, 0.29) is 17.0 Å². The summed E-state index contributed by atoms with van der Waals surface area (Å²) in [5, 5.41) is 4.02. The maximum absolute atomic E-state index is 14.3. The molecule has 3 heterocycles. The number of nitrogens with zero attached hydrogens (tertiary/aromatic N) is 4. The van der Waals surface area contributed by atoms with Crippen molar-refractivity contribution in [2.45, 2.75) is 25.3 Å². The number of hydrogen-bond acceptors (Lipinski definition) is 5. The third kappa shape index (κ3) is 3.36. The predicted octanol–water partition coefficient (Wildman–Crippen LogP) is 3.00. The molecule has 30 heavy (non-hydrogen) atoms. The van der Waals surface area contributed by atoms with Gasteiger partial charge in [0.05, 0.1) is 22.0 Å². The van der Waals surface area contributed by atoms with Crippen molar-refractivity contribution >= 4 is 40.1 Å². The minimum absolute atomic E-state index is 0.138. The summed E-state index contributed by atoms with van der Waals surface area (Å²) in [6, 6.07) is 5.05. The lowest BCUT2D eigenvalue weighted by molar-refractivity contribution is 0.442. The highest BCUT2D eigenvalue weighted by Crippen LogP contribution is 2.40. The quantitative estimate of drug-likeness (QED) is 0.339. The van der Waals surface area contributed by atoms with Crippen LogP contribution in [0.15, 0.2) is 35.6 Å². The molecule has 156 valence electrons. The summed E-state index contributed by atoms with van der Waals surface area (Å²) in [5.74, 6) is -0.335. The molecule has 1 aliphatic heterocycles. The second-order valence-corrected chi connectivity index (χ2v) is 8.58. The van der Waals surface area contributed by atoms with Crippen molar-refractivity contribution in [1.29, 1.82) is 0 Å². The fourth-order valence-corrected chi connectivity index (χ4v) is 4.47. The molecule has 1 saturated carbocycles. The number of nitrogens with one attached hydrogen (secondary N) is 1. The van der Waals surface area contributed by atoms with Gasteiger partial charge < -0.3 is 26.1 Å². The Morgan fingerprint density at radius 3 is 2.83 bits per heavy atom. The first-order chi connectivity index (χ1) is 14.3. The van der Waals surface area contributed by atoms with Crippen molar-refractivity contribution in [1.82, 2.24) is 14.7 Å². The van der Waals surface area contributed by atoms with Crippen molar-refractivity contribution < 1.29 is 4.39 Å². The number of fused-ring (bicyclic) bond motifs is 1. The Morgan fingerprint density at radius 2 is 2.10 bits per heavy atom. The van der Waals surface area contributed by atoms with Gasteiger partial charge in [0.2, 0.25) is 0 Å². The first-order valence-corrected chi connectivity index (χ1v) is 10.3. The molecule has 2 aromatic heterocycles. The van der Waals surface area contributed by atoms with E-state index in [0.29, 0.717) is 27.7 Å². The summed E-state index contributed by atoms with van der Waals surface area (Å²) in [4.78, 5) is 10.8. The lowest BCUT2D eigenvalue weighted by atomic mass is 10.1. The van der Waals surface area contributed by atoms with E-state index in [1.807, 2.05) is 12.1 Å². The van der Waals surface area contributed by atoms with Crippen LogP contribution in [0.2, 0.25) is 5.02 Å². The van der Waals surface area contributed by atoms with Crippen molar-refractivity contribution in [3.63, 3.8) is 0 Å². The zero-order chi connectivity index (χ0) is 21.0. The Bertz CT molecular complexity index is 1160. The Balaban J connectivity index is 1.47. The number of piperazine rings is 1. The molecule has 9 heteroatoms. The van der Waals surface area contributed by atoms with Crippen LogP contribution in [0, 0.1) is 12.7 Å². The lowest BCUT2D eigenvalue weighted by Crippen LogP contribution is -2.52. The molecule has 0 unspecified atom stereocenters. The number of amidine groups is 1. The molecule has 0 amide bonds. The molecule has 5 rings (SSSR count). The lowest BCUT2D eigenvalue weighted by Gasteiger charge is -2.36.